The van der Waals surface area contributed by atoms with Crippen LogP contribution in [0.15, 0.2) is 22.6 Å². The molecule has 0 radical (unpaired) electrons. The number of methoxy groups -OCH3 is 1. The first-order valence-electron chi connectivity index (χ1n) is 8.27. The molecule has 0 aliphatic carbocycles. The number of furan rings is 1. The molecule has 2 N–H and O–H groups in total. The Kier molecular flexibility index (Phi) is 4.94. The molecule has 1 aliphatic rings. The zero-order chi connectivity index (χ0) is 17.1. The van der Waals surface area contributed by atoms with Gasteiger partial charge in [-0.15, -0.1) is 0 Å². The van der Waals surface area contributed by atoms with E-state index in [2.05, 4.69) is 10.6 Å². The summed E-state index contributed by atoms with van der Waals surface area (Å²) < 4.78 is 16.5. The number of fused-ring (bicyclic) bond motifs is 1. The quantitative estimate of drug-likeness (QED) is 0.882. The van der Waals surface area contributed by atoms with Crippen molar-refractivity contribution in [1.82, 2.24) is 10.6 Å². The summed E-state index contributed by atoms with van der Waals surface area (Å²) in [6.45, 7) is 6.05. The third-order valence-electron chi connectivity index (χ3n) is 4.50. The number of carbonyl (C=O) groups excluding carboxylic acids is 1. The van der Waals surface area contributed by atoms with E-state index >= 15 is 0 Å². The van der Waals surface area contributed by atoms with Gasteiger partial charge in [0.25, 0.3) is 0 Å². The normalized spacial score (nSPS) is 18.5. The summed E-state index contributed by atoms with van der Waals surface area (Å²) in [7, 11) is 1.64. The highest BCUT2D eigenvalue weighted by Gasteiger charge is 2.20. The van der Waals surface area contributed by atoms with Gasteiger partial charge in [-0.3, -0.25) is 0 Å². The lowest BCUT2D eigenvalue weighted by molar-refractivity contribution is 0.185. The first kappa shape index (κ1) is 16.6. The van der Waals surface area contributed by atoms with Gasteiger partial charge in [0.1, 0.15) is 17.1 Å². The molecule has 2 heterocycles. The van der Waals surface area contributed by atoms with Gasteiger partial charge in [0, 0.05) is 30.0 Å². The number of urea groups is 1. The Morgan fingerprint density at radius 1 is 1.46 bits per heavy atom. The average Bonchev–Trinajstić information content (AvgIpc) is 3.21. The standard InChI is InChI=1S/C18H24N2O4/c1-11-15-8-14(22-3)4-5-16(15)24-17(11)12(2)20-18(21)19-9-13-6-7-23-10-13/h4-5,8,12-13H,6-7,9-10H2,1-3H3,(H2,19,20,21)/t12-,13+/m0/s1. The van der Waals surface area contributed by atoms with E-state index in [0.29, 0.717) is 12.5 Å². The minimum absolute atomic E-state index is 0.188. The molecule has 2 aromatic rings. The molecule has 0 saturated carbocycles. The molecule has 2 amide bonds. The number of ether oxygens (including phenoxy) is 2. The van der Waals surface area contributed by atoms with Gasteiger partial charge in [-0.05, 0) is 38.5 Å². The molecule has 1 aliphatic heterocycles. The van der Waals surface area contributed by atoms with Crippen LogP contribution in [-0.4, -0.2) is 32.9 Å². The molecule has 3 rings (SSSR count). The number of benzene rings is 1. The second-order valence-corrected chi connectivity index (χ2v) is 6.26. The number of rotatable bonds is 5. The summed E-state index contributed by atoms with van der Waals surface area (Å²) in [5, 5.41) is 6.84. The summed E-state index contributed by atoms with van der Waals surface area (Å²) in [6.07, 6.45) is 1.00. The van der Waals surface area contributed by atoms with Crippen LogP contribution in [0.25, 0.3) is 11.0 Å². The van der Waals surface area contributed by atoms with Crippen LogP contribution in [0.2, 0.25) is 0 Å². The van der Waals surface area contributed by atoms with Crippen molar-refractivity contribution in [1.29, 1.82) is 0 Å². The summed E-state index contributed by atoms with van der Waals surface area (Å²) in [4.78, 5) is 12.1. The Labute approximate surface area is 141 Å². The van der Waals surface area contributed by atoms with Crippen molar-refractivity contribution >= 4 is 17.0 Å². The van der Waals surface area contributed by atoms with E-state index in [4.69, 9.17) is 13.9 Å². The number of carbonyl (C=O) groups is 1. The molecule has 6 heteroatoms. The van der Waals surface area contributed by atoms with Crippen molar-refractivity contribution in [2.45, 2.75) is 26.3 Å². The van der Waals surface area contributed by atoms with Gasteiger partial charge in [0.15, 0.2) is 0 Å². The second kappa shape index (κ2) is 7.13. The predicted octanol–water partition coefficient (Wildman–Crippen LogP) is 3.15. The van der Waals surface area contributed by atoms with Gasteiger partial charge >= 0.3 is 6.03 Å². The summed E-state index contributed by atoms with van der Waals surface area (Å²) in [5.74, 6) is 1.96. The van der Waals surface area contributed by atoms with Crippen LogP contribution in [0.4, 0.5) is 4.79 Å². The molecule has 0 spiro atoms. The zero-order valence-electron chi connectivity index (χ0n) is 14.3. The van der Waals surface area contributed by atoms with E-state index < -0.39 is 0 Å². The SMILES string of the molecule is COc1ccc2oc([C@H](C)NC(=O)NC[C@H]3CCOC3)c(C)c2c1. The van der Waals surface area contributed by atoms with Crippen LogP contribution in [0.3, 0.4) is 0 Å². The first-order valence-corrected chi connectivity index (χ1v) is 8.27. The number of amides is 2. The van der Waals surface area contributed by atoms with Gasteiger partial charge < -0.3 is 24.5 Å². The Morgan fingerprint density at radius 3 is 3.00 bits per heavy atom. The molecule has 1 aromatic heterocycles. The Morgan fingerprint density at radius 2 is 2.29 bits per heavy atom. The Hall–Kier alpha value is -2.21. The summed E-state index contributed by atoms with van der Waals surface area (Å²) >= 11 is 0. The van der Waals surface area contributed by atoms with Crippen molar-refractivity contribution in [3.05, 3.63) is 29.5 Å². The molecule has 0 unspecified atom stereocenters. The van der Waals surface area contributed by atoms with E-state index in [0.717, 1.165) is 47.7 Å². The number of hydrogen-bond acceptors (Lipinski definition) is 4. The van der Waals surface area contributed by atoms with Crippen LogP contribution in [0.5, 0.6) is 5.75 Å². The topological polar surface area (TPSA) is 72.7 Å². The third-order valence-corrected chi connectivity index (χ3v) is 4.50. The molecule has 1 saturated heterocycles. The van der Waals surface area contributed by atoms with E-state index in [9.17, 15) is 4.79 Å². The van der Waals surface area contributed by atoms with Crippen molar-refractivity contribution in [2.24, 2.45) is 5.92 Å². The maximum absolute atomic E-state index is 12.1. The van der Waals surface area contributed by atoms with Crippen molar-refractivity contribution in [2.75, 3.05) is 26.9 Å². The number of nitrogens with one attached hydrogen (secondary N) is 2. The maximum Gasteiger partial charge on any atom is 0.315 e. The van der Waals surface area contributed by atoms with E-state index in [1.54, 1.807) is 7.11 Å². The predicted molar refractivity (Wildman–Crippen MR) is 91.4 cm³/mol. The molecular formula is C18H24N2O4. The fourth-order valence-corrected chi connectivity index (χ4v) is 3.05. The van der Waals surface area contributed by atoms with Gasteiger partial charge in [-0.1, -0.05) is 0 Å². The lowest BCUT2D eigenvalue weighted by Crippen LogP contribution is -2.39. The molecule has 1 fully saturated rings. The van der Waals surface area contributed by atoms with Gasteiger partial charge in [-0.25, -0.2) is 4.79 Å². The lowest BCUT2D eigenvalue weighted by Gasteiger charge is -2.15. The fraction of sp³-hybridized carbons (Fsp3) is 0.500. The smallest absolute Gasteiger partial charge is 0.315 e. The van der Waals surface area contributed by atoms with Crippen molar-refractivity contribution < 1.29 is 18.7 Å². The molecule has 130 valence electrons. The van der Waals surface area contributed by atoms with Gasteiger partial charge in [0.2, 0.25) is 0 Å². The van der Waals surface area contributed by atoms with E-state index in [-0.39, 0.29) is 12.1 Å². The number of aryl methyl sites for hydroxylation is 1. The monoisotopic (exact) mass is 332 g/mol. The zero-order valence-corrected chi connectivity index (χ0v) is 14.3. The molecule has 2 atom stereocenters. The van der Waals surface area contributed by atoms with Crippen LogP contribution in [-0.2, 0) is 4.74 Å². The Bertz CT molecular complexity index is 719. The molecular weight excluding hydrogens is 308 g/mol. The average molecular weight is 332 g/mol. The van der Waals surface area contributed by atoms with Crippen LogP contribution in [0.1, 0.15) is 30.7 Å². The summed E-state index contributed by atoms with van der Waals surface area (Å²) in [5.41, 5.74) is 1.81. The first-order chi connectivity index (χ1) is 11.6. The van der Waals surface area contributed by atoms with Crippen LogP contribution in [0, 0.1) is 12.8 Å². The molecule has 1 aromatic carbocycles. The van der Waals surface area contributed by atoms with Crippen LogP contribution < -0.4 is 15.4 Å². The molecule has 0 bridgehead atoms. The highest BCUT2D eigenvalue weighted by Crippen LogP contribution is 2.31. The van der Waals surface area contributed by atoms with Crippen LogP contribution >= 0.6 is 0 Å². The molecule has 24 heavy (non-hydrogen) atoms. The van der Waals surface area contributed by atoms with E-state index in [1.807, 2.05) is 32.0 Å². The third kappa shape index (κ3) is 3.48. The lowest BCUT2D eigenvalue weighted by atomic mass is 10.1. The molecule has 6 nitrogen and oxygen atoms in total. The fourth-order valence-electron chi connectivity index (χ4n) is 3.05. The highest BCUT2D eigenvalue weighted by atomic mass is 16.5. The second-order valence-electron chi connectivity index (χ2n) is 6.26. The van der Waals surface area contributed by atoms with E-state index in [1.165, 1.54) is 0 Å². The highest BCUT2D eigenvalue weighted by molar-refractivity contribution is 5.84. The minimum atomic E-state index is -0.219. The van der Waals surface area contributed by atoms with Crippen molar-refractivity contribution in [3.63, 3.8) is 0 Å². The largest absolute Gasteiger partial charge is 0.497 e. The van der Waals surface area contributed by atoms with Crippen molar-refractivity contribution in [3.8, 4) is 5.75 Å². The minimum Gasteiger partial charge on any atom is -0.497 e. The number of hydrogen-bond donors (Lipinski definition) is 2. The van der Waals surface area contributed by atoms with Gasteiger partial charge in [0.05, 0.1) is 19.8 Å². The van der Waals surface area contributed by atoms with Gasteiger partial charge in [-0.2, -0.15) is 0 Å². The summed E-state index contributed by atoms with van der Waals surface area (Å²) in [6, 6.07) is 5.29. The maximum atomic E-state index is 12.1. The Balaban J connectivity index is 1.65.